The Labute approximate surface area is 129 Å². The first kappa shape index (κ1) is 15.8. The number of hydrogen-bond acceptors (Lipinski definition) is 5. The number of fused-ring (bicyclic) bond motifs is 1. The predicted octanol–water partition coefficient (Wildman–Crippen LogP) is 3.35. The average Bonchev–Trinajstić information content (AvgIpc) is 2.75. The van der Waals surface area contributed by atoms with Crippen molar-refractivity contribution < 1.29 is 9.53 Å². The van der Waals surface area contributed by atoms with Crippen molar-refractivity contribution in [3.8, 4) is 0 Å². The number of carbonyl (C=O) groups excluding carboxylic acids is 1. The fraction of sp³-hybridized carbons (Fsp3) is 0.533. The monoisotopic (exact) mass is 307 g/mol. The highest BCUT2D eigenvalue weighted by Crippen LogP contribution is 2.33. The van der Waals surface area contributed by atoms with Gasteiger partial charge in [-0.05, 0) is 26.0 Å². The highest BCUT2D eigenvalue weighted by atomic mass is 32.2. The number of unbranched alkanes of at least 4 members (excludes halogenated alkanes) is 1. The fourth-order valence-electron chi connectivity index (χ4n) is 2.20. The molecule has 0 aliphatic heterocycles. The first-order chi connectivity index (χ1) is 10.1. The van der Waals surface area contributed by atoms with Gasteiger partial charge in [-0.15, -0.1) is 11.8 Å². The first-order valence-corrected chi connectivity index (χ1v) is 8.20. The van der Waals surface area contributed by atoms with Gasteiger partial charge in [-0.25, -0.2) is 9.78 Å². The molecular formula is C15H21N3O2S. The van der Waals surface area contributed by atoms with E-state index in [2.05, 4.69) is 17.0 Å². The molecule has 0 amide bonds. The zero-order chi connectivity index (χ0) is 15.4. The molecule has 5 nitrogen and oxygen atoms in total. The van der Waals surface area contributed by atoms with Gasteiger partial charge in [-0.1, -0.05) is 13.3 Å². The molecule has 0 N–H and O–H groups in total. The van der Waals surface area contributed by atoms with Crippen LogP contribution in [0.1, 0.15) is 42.7 Å². The van der Waals surface area contributed by atoms with Crippen LogP contribution in [-0.2, 0) is 11.8 Å². The Bertz CT molecular complexity index is 652. The van der Waals surface area contributed by atoms with E-state index in [0.29, 0.717) is 12.2 Å². The molecule has 0 fully saturated rings. The maximum Gasteiger partial charge on any atom is 0.340 e. The van der Waals surface area contributed by atoms with Gasteiger partial charge in [0.2, 0.25) is 0 Å². The minimum absolute atomic E-state index is 0.311. The molecule has 0 unspecified atom stereocenters. The van der Waals surface area contributed by atoms with E-state index < -0.39 is 0 Å². The Morgan fingerprint density at radius 1 is 1.43 bits per heavy atom. The maximum atomic E-state index is 12.2. The number of esters is 1. The van der Waals surface area contributed by atoms with Crippen LogP contribution in [0.15, 0.2) is 11.1 Å². The third-order valence-electron chi connectivity index (χ3n) is 3.22. The molecule has 0 saturated carbocycles. The summed E-state index contributed by atoms with van der Waals surface area (Å²) < 4.78 is 6.90. The van der Waals surface area contributed by atoms with E-state index in [9.17, 15) is 4.79 Å². The van der Waals surface area contributed by atoms with Crippen molar-refractivity contribution in [1.82, 2.24) is 14.8 Å². The van der Waals surface area contributed by atoms with Gasteiger partial charge in [-0.2, -0.15) is 5.10 Å². The largest absolute Gasteiger partial charge is 0.462 e. The molecule has 21 heavy (non-hydrogen) atoms. The SMILES string of the molecule is CCCCSc1c(C(=O)OCC)cnc2c1c(C)nn2C. The van der Waals surface area contributed by atoms with Crippen molar-refractivity contribution in [2.45, 2.75) is 38.5 Å². The molecule has 2 aromatic heterocycles. The normalized spacial score (nSPS) is 11.0. The number of carbonyl (C=O) groups is 1. The summed E-state index contributed by atoms with van der Waals surface area (Å²) in [5.41, 5.74) is 2.24. The minimum Gasteiger partial charge on any atom is -0.462 e. The predicted molar refractivity (Wildman–Crippen MR) is 84.8 cm³/mol. The van der Waals surface area contributed by atoms with Crippen molar-refractivity contribution in [1.29, 1.82) is 0 Å². The summed E-state index contributed by atoms with van der Waals surface area (Å²) in [6, 6.07) is 0. The molecule has 0 aromatic carbocycles. The van der Waals surface area contributed by atoms with Crippen LogP contribution in [-0.4, -0.2) is 33.1 Å². The summed E-state index contributed by atoms with van der Waals surface area (Å²) in [7, 11) is 1.87. The van der Waals surface area contributed by atoms with E-state index in [-0.39, 0.29) is 5.97 Å². The Balaban J connectivity index is 2.54. The highest BCUT2D eigenvalue weighted by Gasteiger charge is 2.20. The molecular weight excluding hydrogens is 286 g/mol. The molecule has 6 heteroatoms. The average molecular weight is 307 g/mol. The molecule has 0 aliphatic rings. The zero-order valence-electron chi connectivity index (χ0n) is 13.0. The Kier molecular flexibility index (Phi) is 5.22. The molecule has 0 radical (unpaired) electrons. The van der Waals surface area contributed by atoms with Crippen LogP contribution in [0, 0.1) is 6.92 Å². The number of thioether (sulfide) groups is 1. The van der Waals surface area contributed by atoms with E-state index in [1.165, 1.54) is 0 Å². The topological polar surface area (TPSA) is 57.0 Å². The molecule has 2 rings (SSSR count). The summed E-state index contributed by atoms with van der Waals surface area (Å²) in [6.45, 7) is 6.28. The number of pyridine rings is 1. The maximum absolute atomic E-state index is 12.2. The van der Waals surface area contributed by atoms with Crippen LogP contribution in [0.3, 0.4) is 0 Å². The number of nitrogens with zero attached hydrogens (tertiary/aromatic N) is 3. The van der Waals surface area contributed by atoms with Gasteiger partial charge in [0.05, 0.1) is 23.3 Å². The Morgan fingerprint density at radius 3 is 2.86 bits per heavy atom. The van der Waals surface area contributed by atoms with Crippen molar-refractivity contribution in [3.05, 3.63) is 17.5 Å². The van der Waals surface area contributed by atoms with Crippen LogP contribution >= 0.6 is 11.8 Å². The van der Waals surface area contributed by atoms with Crippen molar-refractivity contribution in [2.24, 2.45) is 7.05 Å². The lowest BCUT2D eigenvalue weighted by Crippen LogP contribution is -2.08. The first-order valence-electron chi connectivity index (χ1n) is 7.22. The van der Waals surface area contributed by atoms with Crippen LogP contribution in [0.25, 0.3) is 11.0 Å². The Hall–Kier alpha value is -1.56. The molecule has 0 atom stereocenters. The second kappa shape index (κ2) is 6.93. The lowest BCUT2D eigenvalue weighted by Gasteiger charge is -2.10. The van der Waals surface area contributed by atoms with Crippen molar-refractivity contribution in [3.63, 3.8) is 0 Å². The number of aromatic nitrogens is 3. The lowest BCUT2D eigenvalue weighted by molar-refractivity contribution is 0.0522. The molecule has 0 saturated heterocycles. The van der Waals surface area contributed by atoms with Crippen molar-refractivity contribution >= 4 is 28.8 Å². The standard InChI is InChI=1S/C15H21N3O2S/c1-5-7-8-21-13-11(15(19)20-6-2)9-16-14-12(13)10(3)17-18(14)4/h9H,5-8H2,1-4H3. The summed E-state index contributed by atoms with van der Waals surface area (Å²) in [5, 5.41) is 5.38. The van der Waals surface area contributed by atoms with E-state index in [4.69, 9.17) is 4.74 Å². The van der Waals surface area contributed by atoms with Gasteiger partial charge < -0.3 is 4.74 Å². The third kappa shape index (κ3) is 3.20. The number of hydrogen-bond donors (Lipinski definition) is 0. The van der Waals surface area contributed by atoms with Gasteiger partial charge in [-0.3, -0.25) is 4.68 Å². The smallest absolute Gasteiger partial charge is 0.340 e. The highest BCUT2D eigenvalue weighted by molar-refractivity contribution is 7.99. The molecule has 114 valence electrons. The number of rotatable bonds is 6. The van der Waals surface area contributed by atoms with Gasteiger partial charge in [0, 0.05) is 18.1 Å². The van der Waals surface area contributed by atoms with E-state index in [1.54, 1.807) is 22.6 Å². The summed E-state index contributed by atoms with van der Waals surface area (Å²) in [4.78, 5) is 17.5. The molecule has 0 aliphatic carbocycles. The van der Waals surface area contributed by atoms with Gasteiger partial charge >= 0.3 is 5.97 Å². The van der Waals surface area contributed by atoms with Crippen molar-refractivity contribution in [2.75, 3.05) is 12.4 Å². The zero-order valence-corrected chi connectivity index (χ0v) is 13.8. The molecule has 2 aromatic rings. The van der Waals surface area contributed by atoms with E-state index in [0.717, 1.165) is 40.2 Å². The molecule has 0 bridgehead atoms. The summed E-state index contributed by atoms with van der Waals surface area (Å²) >= 11 is 1.69. The second-order valence-electron chi connectivity index (χ2n) is 4.83. The molecule has 0 spiro atoms. The fourth-order valence-corrected chi connectivity index (χ4v) is 3.51. The van der Waals surface area contributed by atoms with Gasteiger partial charge in [0.15, 0.2) is 5.65 Å². The quantitative estimate of drug-likeness (QED) is 0.465. The van der Waals surface area contributed by atoms with E-state index in [1.807, 2.05) is 20.9 Å². The van der Waals surface area contributed by atoms with Gasteiger partial charge in [0.25, 0.3) is 0 Å². The number of ether oxygens (including phenoxy) is 1. The third-order valence-corrected chi connectivity index (χ3v) is 4.42. The van der Waals surface area contributed by atoms with Crippen LogP contribution in [0.4, 0.5) is 0 Å². The second-order valence-corrected chi connectivity index (χ2v) is 5.94. The van der Waals surface area contributed by atoms with Crippen LogP contribution in [0.2, 0.25) is 0 Å². The van der Waals surface area contributed by atoms with Gasteiger partial charge in [0.1, 0.15) is 0 Å². The summed E-state index contributed by atoms with van der Waals surface area (Å²) in [6.07, 6.45) is 3.84. The summed E-state index contributed by atoms with van der Waals surface area (Å²) in [5.74, 6) is 0.658. The van der Waals surface area contributed by atoms with E-state index >= 15 is 0 Å². The lowest BCUT2D eigenvalue weighted by atomic mass is 10.2. The van der Waals surface area contributed by atoms with Crippen LogP contribution < -0.4 is 0 Å². The Morgan fingerprint density at radius 2 is 2.19 bits per heavy atom. The number of aryl methyl sites for hydroxylation is 2. The van der Waals surface area contributed by atoms with Crippen LogP contribution in [0.5, 0.6) is 0 Å². The minimum atomic E-state index is -0.311. The molecule has 2 heterocycles.